The molecule has 0 spiro atoms. The predicted octanol–water partition coefficient (Wildman–Crippen LogP) is 3.43. The monoisotopic (exact) mass is 193 g/mol. The molecule has 14 heavy (non-hydrogen) atoms. The molecule has 1 aliphatic rings. The van der Waals surface area contributed by atoms with Gasteiger partial charge in [-0.25, -0.2) is 0 Å². The second kappa shape index (κ2) is 5.35. The van der Waals surface area contributed by atoms with Gasteiger partial charge >= 0.3 is 0 Å². The fraction of sp³-hybridized carbons (Fsp3) is 0.692. The van der Waals surface area contributed by atoms with E-state index in [0.717, 1.165) is 13.0 Å². The second-order valence-electron chi connectivity index (χ2n) is 4.64. The van der Waals surface area contributed by atoms with Crippen LogP contribution in [0.25, 0.3) is 0 Å². The highest BCUT2D eigenvalue weighted by molar-refractivity contribution is 5.03. The third-order valence-corrected chi connectivity index (χ3v) is 3.07. The van der Waals surface area contributed by atoms with Crippen molar-refractivity contribution >= 4 is 0 Å². The lowest BCUT2D eigenvalue weighted by Crippen LogP contribution is -2.46. The van der Waals surface area contributed by atoms with Crippen molar-refractivity contribution in [2.45, 2.75) is 51.0 Å². The normalized spacial score (nSPS) is 20.4. The van der Waals surface area contributed by atoms with Crippen LogP contribution < -0.4 is 5.32 Å². The Labute approximate surface area is 88.3 Å². The van der Waals surface area contributed by atoms with E-state index in [1.807, 2.05) is 6.08 Å². The van der Waals surface area contributed by atoms with Gasteiger partial charge in [-0.2, -0.15) is 0 Å². The average Bonchev–Trinajstić information content (AvgIpc) is 2.15. The van der Waals surface area contributed by atoms with Crippen LogP contribution >= 0.6 is 0 Å². The van der Waals surface area contributed by atoms with Crippen LogP contribution in [0.3, 0.4) is 0 Å². The van der Waals surface area contributed by atoms with Crippen molar-refractivity contribution in [1.82, 2.24) is 5.32 Å². The maximum absolute atomic E-state index is 4.04. The molecule has 1 rings (SSSR count). The molecule has 1 N–H and O–H groups in total. The molecule has 0 aliphatic heterocycles. The molecule has 0 atom stereocenters. The van der Waals surface area contributed by atoms with E-state index in [1.54, 1.807) is 0 Å². The molecule has 0 heterocycles. The Morgan fingerprint density at radius 1 is 1.36 bits per heavy atom. The Morgan fingerprint density at radius 3 is 2.50 bits per heavy atom. The van der Waals surface area contributed by atoms with Gasteiger partial charge in [0, 0.05) is 12.1 Å². The molecule has 1 nitrogen and oxygen atoms in total. The Balaban J connectivity index is 2.56. The SMILES string of the molecule is C=CCNC1(CC(=C)C)CCCCC1. The molecule has 1 aliphatic carbocycles. The molecular formula is C13H23N. The molecule has 0 unspecified atom stereocenters. The van der Waals surface area contributed by atoms with E-state index < -0.39 is 0 Å². The summed E-state index contributed by atoms with van der Waals surface area (Å²) >= 11 is 0. The molecule has 1 fully saturated rings. The van der Waals surface area contributed by atoms with Gasteiger partial charge in [-0.15, -0.1) is 13.2 Å². The van der Waals surface area contributed by atoms with E-state index in [-0.39, 0.29) is 0 Å². The summed E-state index contributed by atoms with van der Waals surface area (Å²) in [4.78, 5) is 0. The molecule has 0 aromatic rings. The number of hydrogen-bond acceptors (Lipinski definition) is 1. The highest BCUT2D eigenvalue weighted by atomic mass is 15.0. The van der Waals surface area contributed by atoms with Crippen LogP contribution in [0.4, 0.5) is 0 Å². The van der Waals surface area contributed by atoms with Crippen LogP contribution in [0.1, 0.15) is 45.4 Å². The van der Waals surface area contributed by atoms with Gasteiger partial charge in [0.15, 0.2) is 0 Å². The zero-order chi connectivity index (χ0) is 10.4. The van der Waals surface area contributed by atoms with Gasteiger partial charge in [0.05, 0.1) is 0 Å². The molecule has 0 aromatic heterocycles. The molecular weight excluding hydrogens is 170 g/mol. The summed E-state index contributed by atoms with van der Waals surface area (Å²) in [5.41, 5.74) is 1.63. The molecule has 0 aromatic carbocycles. The summed E-state index contributed by atoms with van der Waals surface area (Å²) in [5, 5.41) is 3.64. The first-order valence-corrected chi connectivity index (χ1v) is 5.69. The van der Waals surface area contributed by atoms with Crippen LogP contribution in [-0.4, -0.2) is 12.1 Å². The summed E-state index contributed by atoms with van der Waals surface area (Å²) in [5.74, 6) is 0. The average molecular weight is 193 g/mol. The fourth-order valence-corrected chi connectivity index (χ4v) is 2.51. The minimum Gasteiger partial charge on any atom is -0.307 e. The quantitative estimate of drug-likeness (QED) is 0.660. The highest BCUT2D eigenvalue weighted by Crippen LogP contribution is 2.32. The molecule has 80 valence electrons. The van der Waals surface area contributed by atoms with Gasteiger partial charge in [-0.1, -0.05) is 30.9 Å². The van der Waals surface area contributed by atoms with Crippen LogP contribution in [-0.2, 0) is 0 Å². The fourth-order valence-electron chi connectivity index (χ4n) is 2.51. The minimum absolute atomic E-state index is 0.332. The van der Waals surface area contributed by atoms with Crippen LogP contribution in [0.5, 0.6) is 0 Å². The van der Waals surface area contributed by atoms with E-state index in [1.165, 1.54) is 37.7 Å². The number of rotatable bonds is 5. The highest BCUT2D eigenvalue weighted by Gasteiger charge is 2.30. The standard InChI is InChI=1S/C13H23N/c1-4-10-14-13(11-12(2)3)8-6-5-7-9-13/h4,14H,1-2,5-11H2,3H3. The summed E-state index contributed by atoms with van der Waals surface area (Å²) < 4.78 is 0. The van der Waals surface area contributed by atoms with Crippen LogP contribution in [0.15, 0.2) is 24.8 Å². The first kappa shape index (κ1) is 11.5. The van der Waals surface area contributed by atoms with E-state index in [4.69, 9.17) is 0 Å². The summed E-state index contributed by atoms with van der Waals surface area (Å²) in [6.45, 7) is 10.9. The first-order valence-electron chi connectivity index (χ1n) is 5.69. The lowest BCUT2D eigenvalue weighted by Gasteiger charge is -2.38. The lowest BCUT2D eigenvalue weighted by atomic mass is 9.77. The number of nitrogens with one attached hydrogen (secondary N) is 1. The Bertz CT molecular complexity index is 199. The van der Waals surface area contributed by atoms with Crippen molar-refractivity contribution in [3.8, 4) is 0 Å². The summed E-state index contributed by atoms with van der Waals surface area (Å²) in [6, 6.07) is 0. The summed E-state index contributed by atoms with van der Waals surface area (Å²) in [6.07, 6.45) is 9.79. The van der Waals surface area contributed by atoms with Crippen molar-refractivity contribution in [2.24, 2.45) is 0 Å². The molecule has 0 radical (unpaired) electrons. The van der Waals surface area contributed by atoms with E-state index in [0.29, 0.717) is 5.54 Å². The molecule has 1 heteroatoms. The van der Waals surface area contributed by atoms with Crippen molar-refractivity contribution in [3.63, 3.8) is 0 Å². The van der Waals surface area contributed by atoms with Gasteiger partial charge < -0.3 is 5.32 Å². The van der Waals surface area contributed by atoms with Gasteiger partial charge in [-0.05, 0) is 26.2 Å². The van der Waals surface area contributed by atoms with Crippen LogP contribution in [0, 0.1) is 0 Å². The second-order valence-corrected chi connectivity index (χ2v) is 4.64. The van der Waals surface area contributed by atoms with Gasteiger partial charge in [0.25, 0.3) is 0 Å². The van der Waals surface area contributed by atoms with E-state index >= 15 is 0 Å². The van der Waals surface area contributed by atoms with E-state index in [9.17, 15) is 0 Å². The third-order valence-electron chi connectivity index (χ3n) is 3.07. The maximum Gasteiger partial charge on any atom is 0.0221 e. The van der Waals surface area contributed by atoms with E-state index in [2.05, 4.69) is 25.4 Å². The molecule has 0 amide bonds. The Morgan fingerprint density at radius 2 is 2.00 bits per heavy atom. The van der Waals surface area contributed by atoms with Crippen molar-refractivity contribution in [1.29, 1.82) is 0 Å². The van der Waals surface area contributed by atoms with Gasteiger partial charge in [0.2, 0.25) is 0 Å². The number of hydrogen-bond donors (Lipinski definition) is 1. The zero-order valence-electron chi connectivity index (χ0n) is 9.44. The molecule has 0 bridgehead atoms. The van der Waals surface area contributed by atoms with Crippen molar-refractivity contribution in [3.05, 3.63) is 24.8 Å². The van der Waals surface area contributed by atoms with Crippen molar-refractivity contribution in [2.75, 3.05) is 6.54 Å². The zero-order valence-corrected chi connectivity index (χ0v) is 9.44. The van der Waals surface area contributed by atoms with Gasteiger partial charge in [-0.3, -0.25) is 0 Å². The lowest BCUT2D eigenvalue weighted by molar-refractivity contribution is 0.237. The largest absolute Gasteiger partial charge is 0.307 e. The first-order chi connectivity index (χ1) is 6.68. The Hall–Kier alpha value is -0.560. The topological polar surface area (TPSA) is 12.0 Å². The molecule has 1 saturated carbocycles. The smallest absolute Gasteiger partial charge is 0.0221 e. The van der Waals surface area contributed by atoms with Crippen LogP contribution in [0.2, 0.25) is 0 Å². The molecule has 0 saturated heterocycles. The third kappa shape index (κ3) is 3.30. The van der Waals surface area contributed by atoms with Gasteiger partial charge in [0.1, 0.15) is 0 Å². The summed E-state index contributed by atoms with van der Waals surface area (Å²) in [7, 11) is 0. The van der Waals surface area contributed by atoms with Crippen molar-refractivity contribution < 1.29 is 0 Å². The Kier molecular flexibility index (Phi) is 4.40. The minimum atomic E-state index is 0.332. The predicted molar refractivity (Wildman–Crippen MR) is 63.4 cm³/mol. The maximum atomic E-state index is 4.04.